The Morgan fingerprint density at radius 1 is 1.36 bits per heavy atom. The van der Waals surface area contributed by atoms with Crippen LogP contribution in [0.4, 0.5) is 4.79 Å². The van der Waals surface area contributed by atoms with Crippen LogP contribution in [0.2, 0.25) is 0 Å². The Morgan fingerprint density at radius 2 is 2.08 bits per heavy atom. The lowest BCUT2D eigenvalue weighted by Crippen LogP contribution is -2.40. The first-order valence-electron chi connectivity index (χ1n) is 8.50. The van der Waals surface area contributed by atoms with Gasteiger partial charge in [-0.2, -0.15) is 11.8 Å². The number of fused-ring (bicyclic) bond motifs is 1. The molecule has 0 radical (unpaired) electrons. The molecule has 9 heteroatoms. The number of amides is 2. The van der Waals surface area contributed by atoms with Crippen molar-refractivity contribution < 1.29 is 24.6 Å². The minimum Gasteiger partial charge on any atom is -0.492 e. The SMILES string of the molecule is CCN1C(=O)N[C@H]2CS[C@@H](CCCCC(=O)On3c(O)ccc3O)[C@H]21. The zero-order valence-corrected chi connectivity index (χ0v) is 14.9. The Balaban J connectivity index is 1.41. The van der Waals surface area contributed by atoms with E-state index >= 15 is 0 Å². The highest BCUT2D eigenvalue weighted by molar-refractivity contribution is 8.00. The molecule has 2 fully saturated rings. The van der Waals surface area contributed by atoms with Gasteiger partial charge in [0.2, 0.25) is 11.8 Å². The van der Waals surface area contributed by atoms with Gasteiger partial charge in [-0.25, -0.2) is 9.59 Å². The van der Waals surface area contributed by atoms with E-state index < -0.39 is 5.97 Å². The van der Waals surface area contributed by atoms with Crippen LogP contribution in [-0.2, 0) is 4.79 Å². The summed E-state index contributed by atoms with van der Waals surface area (Å²) in [5.41, 5.74) is 0. The number of aromatic hydroxyl groups is 2. The quantitative estimate of drug-likeness (QED) is 0.495. The van der Waals surface area contributed by atoms with E-state index in [1.807, 2.05) is 23.6 Å². The van der Waals surface area contributed by atoms with E-state index in [9.17, 15) is 19.8 Å². The number of hydrogen-bond donors (Lipinski definition) is 3. The van der Waals surface area contributed by atoms with Crippen LogP contribution >= 0.6 is 11.8 Å². The molecule has 0 spiro atoms. The van der Waals surface area contributed by atoms with Crippen molar-refractivity contribution in [1.29, 1.82) is 0 Å². The number of likely N-dealkylation sites (N-methyl/N-ethyl adjacent to an activating group) is 1. The fourth-order valence-electron chi connectivity index (χ4n) is 3.47. The van der Waals surface area contributed by atoms with Crippen LogP contribution in [0.15, 0.2) is 12.1 Å². The summed E-state index contributed by atoms with van der Waals surface area (Å²) in [6.07, 6.45) is 2.65. The maximum absolute atomic E-state index is 11.9. The molecule has 2 saturated heterocycles. The molecule has 1 aromatic rings. The molecule has 2 aliphatic heterocycles. The summed E-state index contributed by atoms with van der Waals surface area (Å²) in [5, 5.41) is 22.3. The van der Waals surface area contributed by atoms with E-state index in [4.69, 9.17) is 4.84 Å². The van der Waals surface area contributed by atoms with E-state index in [0.29, 0.717) is 22.9 Å². The van der Waals surface area contributed by atoms with E-state index in [1.165, 1.54) is 12.1 Å². The first kappa shape index (κ1) is 17.8. The molecule has 8 nitrogen and oxygen atoms in total. The summed E-state index contributed by atoms with van der Waals surface area (Å²) >= 11 is 1.88. The topological polar surface area (TPSA) is 104 Å². The highest BCUT2D eigenvalue weighted by Gasteiger charge is 2.47. The second-order valence-corrected chi connectivity index (χ2v) is 7.53. The highest BCUT2D eigenvalue weighted by Crippen LogP contribution is 2.37. The summed E-state index contributed by atoms with van der Waals surface area (Å²) in [7, 11) is 0. The molecular weight excluding hydrogens is 346 g/mol. The fourth-order valence-corrected chi connectivity index (χ4v) is 5.07. The number of thioether (sulfide) groups is 1. The van der Waals surface area contributed by atoms with Gasteiger partial charge in [-0.3, -0.25) is 0 Å². The van der Waals surface area contributed by atoms with E-state index in [0.717, 1.165) is 18.6 Å². The van der Waals surface area contributed by atoms with Crippen molar-refractivity contribution in [2.24, 2.45) is 0 Å². The van der Waals surface area contributed by atoms with Gasteiger partial charge < -0.3 is 25.3 Å². The Morgan fingerprint density at radius 3 is 2.76 bits per heavy atom. The van der Waals surface area contributed by atoms with E-state index in [1.54, 1.807) is 0 Å². The van der Waals surface area contributed by atoms with Gasteiger partial charge in [0.25, 0.3) is 0 Å². The minimum absolute atomic E-state index is 0.0257. The van der Waals surface area contributed by atoms with Crippen molar-refractivity contribution >= 4 is 23.8 Å². The maximum Gasteiger partial charge on any atom is 0.333 e. The summed E-state index contributed by atoms with van der Waals surface area (Å²) in [4.78, 5) is 30.5. The molecule has 0 unspecified atom stereocenters. The minimum atomic E-state index is -0.508. The number of hydrogen-bond acceptors (Lipinski definition) is 6. The molecule has 0 bridgehead atoms. The second-order valence-electron chi connectivity index (χ2n) is 6.26. The van der Waals surface area contributed by atoms with Gasteiger partial charge in [0.15, 0.2) is 0 Å². The molecule has 0 aromatic carbocycles. The van der Waals surface area contributed by atoms with Gasteiger partial charge in [-0.1, -0.05) is 6.42 Å². The van der Waals surface area contributed by atoms with Crippen LogP contribution in [0.5, 0.6) is 11.8 Å². The van der Waals surface area contributed by atoms with Gasteiger partial charge in [-0.15, -0.1) is 4.73 Å². The van der Waals surface area contributed by atoms with Crippen LogP contribution in [0, 0.1) is 0 Å². The molecule has 2 amide bonds. The highest BCUT2D eigenvalue weighted by atomic mass is 32.2. The molecule has 1 aromatic heterocycles. The predicted molar refractivity (Wildman–Crippen MR) is 92.6 cm³/mol. The van der Waals surface area contributed by atoms with Crippen molar-refractivity contribution in [2.45, 2.75) is 49.9 Å². The second kappa shape index (κ2) is 7.47. The number of nitrogens with one attached hydrogen (secondary N) is 1. The summed E-state index contributed by atoms with van der Waals surface area (Å²) in [6.45, 7) is 2.70. The number of unbranched alkanes of at least 4 members (excludes halogenated alkanes) is 1. The molecule has 3 heterocycles. The van der Waals surface area contributed by atoms with Gasteiger partial charge in [0.05, 0.1) is 12.1 Å². The smallest absolute Gasteiger partial charge is 0.333 e. The largest absolute Gasteiger partial charge is 0.492 e. The number of urea groups is 1. The van der Waals surface area contributed by atoms with Crippen LogP contribution in [0.3, 0.4) is 0 Å². The Kier molecular flexibility index (Phi) is 5.31. The summed E-state index contributed by atoms with van der Waals surface area (Å²) < 4.78 is 0.703. The van der Waals surface area contributed by atoms with E-state index in [-0.39, 0.29) is 36.3 Å². The van der Waals surface area contributed by atoms with Crippen molar-refractivity contribution in [3.63, 3.8) is 0 Å². The Bertz CT molecular complexity index is 630. The van der Waals surface area contributed by atoms with Crippen LogP contribution in [0.1, 0.15) is 32.6 Å². The Labute approximate surface area is 150 Å². The average Bonchev–Trinajstić information content (AvgIpc) is 3.21. The number of carbonyl (C=O) groups is 2. The molecule has 3 rings (SSSR count). The third kappa shape index (κ3) is 3.65. The number of aromatic nitrogens is 1. The van der Waals surface area contributed by atoms with Gasteiger partial charge >= 0.3 is 12.0 Å². The van der Waals surface area contributed by atoms with E-state index in [2.05, 4.69) is 5.32 Å². The standard InChI is InChI=1S/C16H23N3O5S/c1-2-18-15-10(17-16(18)23)9-25-11(15)5-3-4-6-14(22)24-19-12(20)7-8-13(19)21/h7-8,10-11,15,20-21H,2-6,9H2,1H3,(H,17,23)/t10-,11-,15-/m0/s1. The number of nitrogens with zero attached hydrogens (tertiary/aromatic N) is 2. The first-order chi connectivity index (χ1) is 12.0. The summed E-state index contributed by atoms with van der Waals surface area (Å²) in [6, 6.07) is 2.98. The van der Waals surface area contributed by atoms with Crippen molar-refractivity contribution in [2.75, 3.05) is 12.3 Å². The van der Waals surface area contributed by atoms with Crippen LogP contribution in [-0.4, -0.2) is 61.5 Å². The lowest BCUT2D eigenvalue weighted by atomic mass is 10.0. The fraction of sp³-hybridized carbons (Fsp3) is 0.625. The predicted octanol–water partition coefficient (Wildman–Crippen LogP) is 1.31. The normalized spacial score (nSPS) is 25.1. The molecule has 3 N–H and O–H groups in total. The molecule has 0 aliphatic carbocycles. The molecule has 0 saturated carbocycles. The maximum atomic E-state index is 11.9. The lowest BCUT2D eigenvalue weighted by Gasteiger charge is -2.26. The van der Waals surface area contributed by atoms with Crippen LogP contribution < -0.4 is 10.2 Å². The monoisotopic (exact) mass is 369 g/mol. The molecule has 138 valence electrons. The Hall–Kier alpha value is -2.03. The zero-order chi connectivity index (χ0) is 18.0. The third-order valence-electron chi connectivity index (χ3n) is 4.66. The van der Waals surface area contributed by atoms with Crippen molar-refractivity contribution in [3.8, 4) is 11.8 Å². The van der Waals surface area contributed by atoms with Crippen LogP contribution in [0.25, 0.3) is 0 Å². The van der Waals surface area contributed by atoms with Crippen molar-refractivity contribution in [3.05, 3.63) is 12.1 Å². The number of carbonyl (C=O) groups excluding carboxylic acids is 2. The van der Waals surface area contributed by atoms with Gasteiger partial charge in [0.1, 0.15) is 0 Å². The number of rotatable bonds is 7. The zero-order valence-electron chi connectivity index (χ0n) is 14.1. The molecule has 3 atom stereocenters. The molecule has 2 aliphatic rings. The van der Waals surface area contributed by atoms with Gasteiger partial charge in [-0.05, 0) is 19.8 Å². The van der Waals surface area contributed by atoms with Gasteiger partial charge in [0, 0.05) is 36.1 Å². The summed E-state index contributed by atoms with van der Waals surface area (Å²) in [5.74, 6) is -0.215. The third-order valence-corrected chi connectivity index (χ3v) is 6.16. The molecular formula is C16H23N3O5S. The van der Waals surface area contributed by atoms with Crippen molar-refractivity contribution in [1.82, 2.24) is 14.9 Å². The first-order valence-corrected chi connectivity index (χ1v) is 9.55. The molecule has 25 heavy (non-hydrogen) atoms. The average molecular weight is 369 g/mol. The lowest BCUT2D eigenvalue weighted by molar-refractivity contribution is -0.145.